The van der Waals surface area contributed by atoms with Gasteiger partial charge in [0.05, 0.1) is 55.9 Å². The first kappa shape index (κ1) is 59.5. The number of benzene rings is 14. The van der Waals surface area contributed by atoms with Crippen molar-refractivity contribution < 1.29 is 4.42 Å². The fourth-order valence-corrected chi connectivity index (χ4v) is 17.4. The highest BCUT2D eigenvalue weighted by Gasteiger charge is 2.27. The van der Waals surface area contributed by atoms with Crippen molar-refractivity contribution in [1.29, 1.82) is 0 Å². The Morgan fingerprint density at radius 2 is 0.802 bits per heavy atom. The van der Waals surface area contributed by atoms with Crippen molar-refractivity contribution in [2.45, 2.75) is 12.8 Å². The highest BCUT2D eigenvalue weighted by atomic mass is 16.3. The van der Waals surface area contributed by atoms with Crippen LogP contribution in [-0.2, 0) is 6.42 Å². The molecular weight excluding hydrogens is 1300 g/mol. The normalized spacial score (nSPS) is 13.5. The molecule has 0 atom stereocenters. The van der Waals surface area contributed by atoms with E-state index in [4.69, 9.17) is 14.4 Å². The first-order valence-corrected chi connectivity index (χ1v) is 36.0. The standard InChI is InChI=1S/C96H59N7O3/c104-95-72-33-11-10-30-68(72)78-55-90(98-57-87(78)101(95)66-29-20-24-59(50-66)58-22-4-1-5-23-58)103-83-39-18-14-34-73(83)91-71-46-42-60(54-79(71)92-74-35-15-19-40-88(74)106-94(92)93(91)103)62-44-48-85-76(52-62)77-53-63(61-43-47-84-75(51-61)70-32-13-16-37-81(70)99(84)64-25-6-2-7-26-64)45-49-86(77)102(85)89-41-21-36-67-69-31-12-17-38-82(69)100(65-27-8-3-9-28-65)96(105)80(67)56-97-89/h1-20,22-35,37-57H,21,36H2/b89-41+,97-56-. The molecule has 14 aromatic carbocycles. The van der Waals surface area contributed by atoms with Gasteiger partial charge in [0.1, 0.15) is 17.2 Å². The lowest BCUT2D eigenvalue weighted by Gasteiger charge is -2.18. The summed E-state index contributed by atoms with van der Waals surface area (Å²) in [5.41, 5.74) is 19.7. The molecule has 0 saturated heterocycles. The Labute approximate surface area is 605 Å². The molecule has 1 aliphatic heterocycles. The van der Waals surface area contributed by atoms with Gasteiger partial charge in [-0.15, -0.1) is 0 Å². The summed E-state index contributed by atoms with van der Waals surface area (Å²) < 4.78 is 17.8. The lowest BCUT2D eigenvalue weighted by atomic mass is 9.94. The Balaban J connectivity index is 0.740. The molecule has 0 radical (unpaired) electrons. The van der Waals surface area contributed by atoms with E-state index < -0.39 is 0 Å². The van der Waals surface area contributed by atoms with Crippen molar-refractivity contribution in [2.24, 2.45) is 4.99 Å². The lowest BCUT2D eigenvalue weighted by Crippen LogP contribution is -2.25. The van der Waals surface area contributed by atoms with E-state index in [2.05, 4.69) is 232 Å². The van der Waals surface area contributed by atoms with Crippen molar-refractivity contribution in [3.05, 3.63) is 360 Å². The predicted octanol–water partition coefficient (Wildman–Crippen LogP) is 23.1. The monoisotopic (exact) mass is 1360 g/mol. The summed E-state index contributed by atoms with van der Waals surface area (Å²) in [5.74, 6) is 1.45. The number of aromatic nitrogens is 6. The van der Waals surface area contributed by atoms with E-state index in [9.17, 15) is 4.79 Å². The summed E-state index contributed by atoms with van der Waals surface area (Å²) in [4.78, 5) is 40.7. The van der Waals surface area contributed by atoms with Gasteiger partial charge in [-0.05, 0) is 189 Å². The minimum atomic E-state index is -0.110. The van der Waals surface area contributed by atoms with Gasteiger partial charge in [0.15, 0.2) is 5.58 Å². The van der Waals surface area contributed by atoms with Crippen LogP contribution in [0.4, 0.5) is 0 Å². The van der Waals surface area contributed by atoms with Crippen LogP contribution < -0.4 is 11.1 Å². The van der Waals surface area contributed by atoms with Crippen LogP contribution in [0.2, 0.25) is 0 Å². The number of hydrogen-bond acceptors (Lipinski definition) is 5. The van der Waals surface area contributed by atoms with Gasteiger partial charge in [-0.25, -0.2) is 9.98 Å². The molecule has 0 unspecified atom stereocenters. The number of aliphatic imine (C=N–C) groups is 1. The maximum atomic E-state index is 15.1. The molecule has 8 heterocycles. The van der Waals surface area contributed by atoms with Crippen molar-refractivity contribution in [3.63, 3.8) is 0 Å². The quantitative estimate of drug-likeness (QED) is 0.142. The third kappa shape index (κ3) is 8.85. The molecule has 10 nitrogen and oxygen atoms in total. The summed E-state index contributed by atoms with van der Waals surface area (Å²) >= 11 is 0. The largest absolute Gasteiger partial charge is 0.454 e. The van der Waals surface area contributed by atoms with E-state index in [0.717, 1.165) is 171 Å². The van der Waals surface area contributed by atoms with E-state index >= 15 is 4.79 Å². The molecule has 0 aliphatic carbocycles. The topological polar surface area (TPSA) is 97.2 Å². The fraction of sp³-hybridized carbons (Fsp3) is 0.0208. The first-order chi connectivity index (χ1) is 52.4. The van der Waals surface area contributed by atoms with Crippen LogP contribution in [0.15, 0.2) is 347 Å². The van der Waals surface area contributed by atoms with Gasteiger partial charge >= 0.3 is 0 Å². The SMILES string of the molecule is O=c1c2c(c3ccccc3n1-c1ccccc1)CC/C=C(n1c3ccc(-c4ccc5c(c4)c4c6ccccc6oc4c4c5c5ccccc5n4-c4cc5c6ccccc6c(=O)n(-c6cccc(-c7ccccc7)c6)c5cn4)cc3c3cc(-c4ccc5c(c4)c4ccccc4n5-c4ccccc4)ccc31)\N=C/2. The van der Waals surface area contributed by atoms with Gasteiger partial charge in [0.2, 0.25) is 0 Å². The van der Waals surface area contributed by atoms with Crippen LogP contribution >= 0.6 is 0 Å². The summed E-state index contributed by atoms with van der Waals surface area (Å²) in [5, 5.41) is 14.2. The molecular formula is C96H59N7O3. The number of allylic oxidation sites excluding steroid dienone is 1. The molecule has 0 amide bonds. The number of para-hydroxylation sites is 6. The third-order valence-electron chi connectivity index (χ3n) is 22.1. The Morgan fingerprint density at radius 1 is 0.311 bits per heavy atom. The molecule has 10 heteroatoms. The van der Waals surface area contributed by atoms with Crippen LogP contribution in [0.1, 0.15) is 17.5 Å². The number of furan rings is 1. The van der Waals surface area contributed by atoms with Gasteiger partial charge in [0.25, 0.3) is 11.1 Å². The zero-order valence-electron chi connectivity index (χ0n) is 57.0. The fourth-order valence-electron chi connectivity index (χ4n) is 17.4. The van der Waals surface area contributed by atoms with Gasteiger partial charge < -0.3 is 8.98 Å². The number of nitrogens with zero attached hydrogens (tertiary/aromatic N) is 7. The van der Waals surface area contributed by atoms with Crippen molar-refractivity contribution >= 4 is 143 Å². The molecule has 0 bridgehead atoms. The van der Waals surface area contributed by atoms with Gasteiger partial charge in [-0.3, -0.25) is 27.9 Å². The van der Waals surface area contributed by atoms with E-state index in [1.54, 1.807) is 0 Å². The third-order valence-corrected chi connectivity index (χ3v) is 22.1. The lowest BCUT2D eigenvalue weighted by molar-refractivity contribution is 0.671. The van der Waals surface area contributed by atoms with E-state index in [1.807, 2.05) is 125 Å². The Hall–Kier alpha value is -14.2. The first-order valence-electron chi connectivity index (χ1n) is 36.0. The molecule has 496 valence electrons. The minimum Gasteiger partial charge on any atom is -0.454 e. The second-order valence-electron chi connectivity index (χ2n) is 27.8. The maximum Gasteiger partial charge on any atom is 0.264 e. The molecule has 21 aromatic rings. The molecule has 7 aromatic heterocycles. The zero-order valence-corrected chi connectivity index (χ0v) is 57.0. The number of hydrogen-bond donors (Lipinski definition) is 0. The van der Waals surface area contributed by atoms with Crippen LogP contribution in [0, 0.1) is 0 Å². The summed E-state index contributed by atoms with van der Waals surface area (Å²) in [6.07, 6.45) is 7.24. The summed E-state index contributed by atoms with van der Waals surface area (Å²) in [6, 6.07) is 110. The van der Waals surface area contributed by atoms with Gasteiger partial charge in [-0.2, -0.15) is 0 Å². The Kier molecular flexibility index (Phi) is 13.0. The molecule has 0 fully saturated rings. The van der Waals surface area contributed by atoms with E-state index in [1.165, 1.54) is 10.8 Å². The molecule has 0 saturated carbocycles. The zero-order chi connectivity index (χ0) is 69.8. The average Bonchev–Trinajstić information content (AvgIpc) is 1.53. The number of pyridine rings is 3. The summed E-state index contributed by atoms with van der Waals surface area (Å²) in [7, 11) is 0. The van der Waals surface area contributed by atoms with Crippen molar-refractivity contribution in [3.8, 4) is 56.3 Å². The maximum absolute atomic E-state index is 15.1. The van der Waals surface area contributed by atoms with Crippen molar-refractivity contribution in [2.75, 3.05) is 0 Å². The second kappa shape index (κ2) is 23.2. The smallest absolute Gasteiger partial charge is 0.264 e. The Bertz CT molecular complexity index is 7560. The molecule has 22 rings (SSSR count). The Morgan fingerprint density at radius 3 is 1.50 bits per heavy atom. The van der Waals surface area contributed by atoms with Crippen LogP contribution in [0.3, 0.4) is 0 Å². The van der Waals surface area contributed by atoms with Crippen LogP contribution in [0.5, 0.6) is 0 Å². The predicted molar refractivity (Wildman–Crippen MR) is 437 cm³/mol. The molecule has 1 aliphatic rings. The van der Waals surface area contributed by atoms with Crippen molar-refractivity contribution in [1.82, 2.24) is 27.8 Å². The van der Waals surface area contributed by atoms with E-state index in [-0.39, 0.29) is 11.1 Å². The molecule has 0 N–H and O–H groups in total. The van der Waals surface area contributed by atoms with E-state index in [0.29, 0.717) is 35.1 Å². The highest BCUT2D eigenvalue weighted by molar-refractivity contribution is 6.35. The van der Waals surface area contributed by atoms with Crippen LogP contribution in [0.25, 0.3) is 193 Å². The van der Waals surface area contributed by atoms with Gasteiger partial charge in [-0.1, -0.05) is 200 Å². The van der Waals surface area contributed by atoms with Crippen LogP contribution in [-0.4, -0.2) is 34.0 Å². The van der Waals surface area contributed by atoms with Gasteiger partial charge in [0, 0.05) is 82.5 Å². The second-order valence-corrected chi connectivity index (χ2v) is 27.8. The minimum absolute atomic E-state index is 0.0976. The number of fused-ring (bicyclic) bond motifs is 22. The average molecular weight is 1360 g/mol. The molecule has 106 heavy (non-hydrogen) atoms. The highest BCUT2D eigenvalue weighted by Crippen LogP contribution is 2.48. The number of rotatable bonds is 8. The summed E-state index contributed by atoms with van der Waals surface area (Å²) in [6.45, 7) is 0. The number of aryl methyl sites for hydroxylation is 1. The molecule has 0 spiro atoms.